The van der Waals surface area contributed by atoms with Gasteiger partial charge in [-0.3, -0.25) is 4.90 Å². The Labute approximate surface area is 118 Å². The van der Waals surface area contributed by atoms with Gasteiger partial charge in [-0.25, -0.2) is 0 Å². The molecule has 1 rings (SSSR count). The second kappa shape index (κ2) is 8.94. The van der Waals surface area contributed by atoms with Gasteiger partial charge in [0.15, 0.2) is 0 Å². The molecule has 0 spiro atoms. The van der Waals surface area contributed by atoms with E-state index in [0.29, 0.717) is 6.04 Å². The van der Waals surface area contributed by atoms with Crippen LogP contribution >= 0.6 is 0 Å². The molecule has 1 unspecified atom stereocenters. The van der Waals surface area contributed by atoms with Crippen LogP contribution in [0.4, 0.5) is 0 Å². The highest BCUT2D eigenvalue weighted by atomic mass is 16.5. The number of para-hydroxylation sites is 1. The van der Waals surface area contributed by atoms with Gasteiger partial charge in [0.1, 0.15) is 5.75 Å². The number of hydrogen-bond acceptors (Lipinski definition) is 3. The molecule has 1 aromatic carbocycles. The molecule has 0 aliphatic heterocycles. The van der Waals surface area contributed by atoms with Crippen LogP contribution in [0.5, 0.6) is 5.75 Å². The molecule has 0 amide bonds. The lowest BCUT2D eigenvalue weighted by atomic mass is 10.1. The maximum Gasteiger partial charge on any atom is 0.123 e. The number of unbranched alkanes of at least 4 members (excludes halogenated alkanes) is 1. The number of hydrogen-bond donors (Lipinski definition) is 1. The van der Waals surface area contributed by atoms with Gasteiger partial charge < -0.3 is 10.1 Å². The van der Waals surface area contributed by atoms with Crippen LogP contribution in [0.15, 0.2) is 24.3 Å². The Morgan fingerprint density at radius 2 is 2.05 bits per heavy atom. The molecule has 0 fully saturated rings. The molecule has 3 heteroatoms. The van der Waals surface area contributed by atoms with E-state index in [1.807, 2.05) is 12.1 Å². The molecule has 19 heavy (non-hydrogen) atoms. The third-order valence-corrected chi connectivity index (χ3v) is 3.51. The Bertz CT molecular complexity index is 354. The summed E-state index contributed by atoms with van der Waals surface area (Å²) < 4.78 is 5.40. The van der Waals surface area contributed by atoms with E-state index in [1.54, 1.807) is 7.11 Å². The van der Waals surface area contributed by atoms with E-state index in [2.05, 4.69) is 43.2 Å². The summed E-state index contributed by atoms with van der Waals surface area (Å²) in [6.45, 7) is 7.54. The molecule has 0 aliphatic carbocycles. The van der Waals surface area contributed by atoms with Crippen molar-refractivity contribution in [2.24, 2.45) is 0 Å². The SMILES string of the molecule is CCCCNCC(C)N(C)Cc1ccccc1OC. The summed E-state index contributed by atoms with van der Waals surface area (Å²) in [7, 11) is 3.90. The van der Waals surface area contributed by atoms with Crippen molar-refractivity contribution >= 4 is 0 Å². The van der Waals surface area contributed by atoms with Crippen LogP contribution in [-0.4, -0.2) is 38.2 Å². The maximum atomic E-state index is 5.40. The number of nitrogens with one attached hydrogen (secondary N) is 1. The van der Waals surface area contributed by atoms with Gasteiger partial charge in [-0.15, -0.1) is 0 Å². The topological polar surface area (TPSA) is 24.5 Å². The number of likely N-dealkylation sites (N-methyl/N-ethyl adjacent to an activating group) is 1. The molecular formula is C16H28N2O. The molecule has 0 saturated carbocycles. The summed E-state index contributed by atoms with van der Waals surface area (Å²) in [4.78, 5) is 2.36. The Morgan fingerprint density at radius 3 is 2.74 bits per heavy atom. The van der Waals surface area contributed by atoms with Crippen molar-refractivity contribution in [3.8, 4) is 5.75 Å². The Balaban J connectivity index is 2.42. The number of nitrogens with zero attached hydrogens (tertiary/aromatic N) is 1. The monoisotopic (exact) mass is 264 g/mol. The van der Waals surface area contributed by atoms with Crippen LogP contribution in [0.3, 0.4) is 0 Å². The minimum atomic E-state index is 0.516. The third-order valence-electron chi connectivity index (χ3n) is 3.51. The lowest BCUT2D eigenvalue weighted by molar-refractivity contribution is 0.239. The summed E-state index contributed by atoms with van der Waals surface area (Å²) >= 11 is 0. The standard InChI is InChI=1S/C16H28N2O/c1-5-6-11-17-12-14(2)18(3)13-15-9-7-8-10-16(15)19-4/h7-10,14,17H,5-6,11-13H2,1-4H3. The molecule has 1 aromatic rings. The zero-order valence-electron chi connectivity index (χ0n) is 12.8. The summed E-state index contributed by atoms with van der Waals surface area (Å²) in [5.74, 6) is 0.973. The highest BCUT2D eigenvalue weighted by molar-refractivity contribution is 5.33. The molecule has 1 atom stereocenters. The normalized spacial score (nSPS) is 12.7. The number of methoxy groups -OCH3 is 1. The van der Waals surface area contributed by atoms with Gasteiger partial charge in [0.2, 0.25) is 0 Å². The lowest BCUT2D eigenvalue weighted by Gasteiger charge is -2.25. The summed E-state index contributed by atoms with van der Waals surface area (Å²) in [6.07, 6.45) is 2.50. The molecule has 3 nitrogen and oxygen atoms in total. The van der Waals surface area contributed by atoms with E-state index < -0.39 is 0 Å². The zero-order valence-corrected chi connectivity index (χ0v) is 12.8. The van der Waals surface area contributed by atoms with Gasteiger partial charge in [0.05, 0.1) is 7.11 Å². The summed E-state index contributed by atoms with van der Waals surface area (Å²) in [6, 6.07) is 8.75. The highest BCUT2D eigenvalue weighted by Crippen LogP contribution is 2.19. The number of rotatable bonds is 9. The van der Waals surface area contributed by atoms with Gasteiger partial charge in [-0.1, -0.05) is 31.5 Å². The van der Waals surface area contributed by atoms with Crippen molar-refractivity contribution in [3.63, 3.8) is 0 Å². The fourth-order valence-corrected chi connectivity index (χ4v) is 2.03. The second-order valence-electron chi connectivity index (χ2n) is 5.13. The maximum absolute atomic E-state index is 5.40. The molecule has 0 saturated heterocycles. The molecule has 108 valence electrons. The largest absolute Gasteiger partial charge is 0.496 e. The number of benzene rings is 1. The molecular weight excluding hydrogens is 236 g/mol. The van der Waals surface area contributed by atoms with Crippen molar-refractivity contribution in [3.05, 3.63) is 29.8 Å². The third kappa shape index (κ3) is 5.62. The quantitative estimate of drug-likeness (QED) is 0.694. The minimum absolute atomic E-state index is 0.516. The van der Waals surface area contributed by atoms with Crippen LogP contribution in [0.25, 0.3) is 0 Å². The van der Waals surface area contributed by atoms with Gasteiger partial charge in [-0.2, -0.15) is 0 Å². The van der Waals surface area contributed by atoms with Crippen LogP contribution in [0.2, 0.25) is 0 Å². The van der Waals surface area contributed by atoms with Gasteiger partial charge >= 0.3 is 0 Å². The average Bonchev–Trinajstić information content (AvgIpc) is 2.44. The van der Waals surface area contributed by atoms with Crippen LogP contribution in [0, 0.1) is 0 Å². The molecule has 1 N–H and O–H groups in total. The van der Waals surface area contributed by atoms with E-state index in [9.17, 15) is 0 Å². The first-order valence-electron chi connectivity index (χ1n) is 7.21. The van der Waals surface area contributed by atoms with Crippen LogP contribution in [-0.2, 0) is 6.54 Å². The Morgan fingerprint density at radius 1 is 1.32 bits per heavy atom. The van der Waals surface area contributed by atoms with Gasteiger partial charge in [-0.05, 0) is 33.0 Å². The fraction of sp³-hybridized carbons (Fsp3) is 0.625. The van der Waals surface area contributed by atoms with Crippen LogP contribution < -0.4 is 10.1 Å². The molecule has 0 aromatic heterocycles. The van der Waals surface area contributed by atoms with Gasteiger partial charge in [0.25, 0.3) is 0 Å². The average molecular weight is 264 g/mol. The van der Waals surface area contributed by atoms with E-state index in [4.69, 9.17) is 4.74 Å². The van der Waals surface area contributed by atoms with Crippen molar-refractivity contribution < 1.29 is 4.74 Å². The van der Waals surface area contributed by atoms with Crippen molar-refractivity contribution in [2.45, 2.75) is 39.3 Å². The first-order chi connectivity index (χ1) is 9.19. The Hall–Kier alpha value is -1.06. The summed E-state index contributed by atoms with van der Waals surface area (Å²) in [5.41, 5.74) is 1.24. The van der Waals surface area contributed by atoms with E-state index in [0.717, 1.165) is 25.4 Å². The van der Waals surface area contributed by atoms with Crippen molar-refractivity contribution in [1.29, 1.82) is 0 Å². The first kappa shape index (κ1) is 16.0. The van der Waals surface area contributed by atoms with Crippen molar-refractivity contribution in [1.82, 2.24) is 10.2 Å². The van der Waals surface area contributed by atoms with Crippen molar-refractivity contribution in [2.75, 3.05) is 27.2 Å². The fourth-order valence-electron chi connectivity index (χ4n) is 2.03. The smallest absolute Gasteiger partial charge is 0.123 e. The molecule has 0 radical (unpaired) electrons. The van der Waals surface area contributed by atoms with E-state index >= 15 is 0 Å². The van der Waals surface area contributed by atoms with Crippen LogP contribution in [0.1, 0.15) is 32.3 Å². The second-order valence-corrected chi connectivity index (χ2v) is 5.13. The predicted octanol–water partition coefficient (Wildman–Crippen LogP) is 2.91. The zero-order chi connectivity index (χ0) is 14.1. The molecule has 0 heterocycles. The van der Waals surface area contributed by atoms with E-state index in [-0.39, 0.29) is 0 Å². The predicted molar refractivity (Wildman–Crippen MR) is 81.7 cm³/mol. The Kier molecular flexibility index (Phi) is 7.53. The highest BCUT2D eigenvalue weighted by Gasteiger charge is 2.11. The summed E-state index contributed by atoms with van der Waals surface area (Å²) in [5, 5.41) is 3.51. The lowest BCUT2D eigenvalue weighted by Crippen LogP contribution is -2.37. The molecule has 0 bridgehead atoms. The van der Waals surface area contributed by atoms with Gasteiger partial charge in [0, 0.05) is 24.7 Å². The number of ether oxygens (including phenoxy) is 1. The van der Waals surface area contributed by atoms with E-state index in [1.165, 1.54) is 18.4 Å². The minimum Gasteiger partial charge on any atom is -0.496 e. The molecule has 0 aliphatic rings. The first-order valence-corrected chi connectivity index (χ1v) is 7.21.